The number of carbonyl (C=O) groups is 1. The molecule has 2 nitrogen and oxygen atoms in total. The quantitative estimate of drug-likeness (QED) is 0.722. The van der Waals surface area contributed by atoms with Gasteiger partial charge < -0.3 is 4.90 Å². The van der Waals surface area contributed by atoms with Crippen molar-refractivity contribution in [2.45, 2.75) is 19.8 Å². The van der Waals surface area contributed by atoms with E-state index in [1.54, 1.807) is 0 Å². The lowest BCUT2D eigenvalue weighted by atomic mass is 10.1. The number of rotatable bonds is 4. The largest absolute Gasteiger partial charge is 0.303 e. The third-order valence-electron chi connectivity index (χ3n) is 3.39. The standard InChI is InChI=1S/C14H19NO/c1-12-6-8-15(10-12)9-7-13-4-2-3-5-14(13)11-16/h2-5,11-12H,6-10H2,1H3. The van der Waals surface area contributed by atoms with Crippen molar-refractivity contribution in [1.82, 2.24) is 4.90 Å². The average Bonchev–Trinajstić information content (AvgIpc) is 2.73. The lowest BCUT2D eigenvalue weighted by molar-refractivity contribution is 0.112. The van der Waals surface area contributed by atoms with E-state index < -0.39 is 0 Å². The van der Waals surface area contributed by atoms with E-state index in [1.165, 1.54) is 25.1 Å². The molecule has 2 rings (SSSR count). The first-order valence-corrected chi connectivity index (χ1v) is 6.05. The van der Waals surface area contributed by atoms with E-state index in [1.807, 2.05) is 18.2 Å². The van der Waals surface area contributed by atoms with E-state index in [-0.39, 0.29) is 0 Å². The third kappa shape index (κ3) is 2.70. The normalized spacial score (nSPS) is 21.2. The van der Waals surface area contributed by atoms with Crippen LogP contribution in [0.5, 0.6) is 0 Å². The van der Waals surface area contributed by atoms with E-state index in [4.69, 9.17) is 0 Å². The molecule has 0 spiro atoms. The van der Waals surface area contributed by atoms with Gasteiger partial charge in [-0.25, -0.2) is 0 Å². The van der Waals surface area contributed by atoms with Crippen LogP contribution < -0.4 is 0 Å². The number of likely N-dealkylation sites (tertiary alicyclic amines) is 1. The van der Waals surface area contributed by atoms with Crippen LogP contribution in [0.15, 0.2) is 24.3 Å². The Morgan fingerprint density at radius 3 is 2.94 bits per heavy atom. The predicted molar refractivity (Wildman–Crippen MR) is 65.8 cm³/mol. The highest BCUT2D eigenvalue weighted by molar-refractivity contribution is 5.77. The van der Waals surface area contributed by atoms with Crippen LogP contribution in [-0.2, 0) is 6.42 Å². The fourth-order valence-corrected chi connectivity index (χ4v) is 2.38. The maximum atomic E-state index is 10.9. The van der Waals surface area contributed by atoms with Gasteiger partial charge in [0.1, 0.15) is 6.29 Å². The fraction of sp³-hybridized carbons (Fsp3) is 0.500. The molecule has 1 aliphatic rings. The number of hydrogen-bond donors (Lipinski definition) is 0. The molecule has 1 atom stereocenters. The van der Waals surface area contributed by atoms with E-state index in [2.05, 4.69) is 17.9 Å². The summed E-state index contributed by atoms with van der Waals surface area (Å²) in [4.78, 5) is 13.4. The highest BCUT2D eigenvalue weighted by atomic mass is 16.1. The number of hydrogen-bond acceptors (Lipinski definition) is 2. The van der Waals surface area contributed by atoms with Crippen LogP contribution in [0.2, 0.25) is 0 Å². The second-order valence-electron chi connectivity index (χ2n) is 4.76. The summed E-state index contributed by atoms with van der Waals surface area (Å²) in [6, 6.07) is 7.89. The first kappa shape index (κ1) is 11.3. The van der Waals surface area contributed by atoms with Crippen molar-refractivity contribution in [1.29, 1.82) is 0 Å². The number of carbonyl (C=O) groups excluding carboxylic acids is 1. The minimum absolute atomic E-state index is 0.835. The third-order valence-corrected chi connectivity index (χ3v) is 3.39. The molecule has 0 aromatic heterocycles. The summed E-state index contributed by atoms with van der Waals surface area (Å²) < 4.78 is 0. The van der Waals surface area contributed by atoms with Gasteiger partial charge in [-0.15, -0.1) is 0 Å². The Balaban J connectivity index is 1.91. The summed E-state index contributed by atoms with van der Waals surface area (Å²) in [5.74, 6) is 0.835. The lowest BCUT2D eigenvalue weighted by Gasteiger charge is -2.15. The molecule has 0 saturated carbocycles. The molecule has 86 valence electrons. The lowest BCUT2D eigenvalue weighted by Crippen LogP contribution is -2.23. The molecule has 0 aliphatic carbocycles. The molecule has 0 radical (unpaired) electrons. The maximum Gasteiger partial charge on any atom is 0.150 e. The predicted octanol–water partition coefficient (Wildman–Crippen LogP) is 2.38. The second-order valence-corrected chi connectivity index (χ2v) is 4.76. The molecule has 1 fully saturated rings. The molecule has 1 heterocycles. The van der Waals surface area contributed by atoms with Crippen LogP contribution in [0.25, 0.3) is 0 Å². The van der Waals surface area contributed by atoms with Gasteiger partial charge >= 0.3 is 0 Å². The highest BCUT2D eigenvalue weighted by Crippen LogP contribution is 2.16. The van der Waals surface area contributed by atoms with Gasteiger partial charge in [-0.3, -0.25) is 4.79 Å². The zero-order valence-corrected chi connectivity index (χ0v) is 9.86. The van der Waals surface area contributed by atoms with Crippen molar-refractivity contribution in [3.8, 4) is 0 Å². The number of benzene rings is 1. The summed E-state index contributed by atoms with van der Waals surface area (Å²) >= 11 is 0. The molecule has 1 aromatic rings. The molecule has 0 amide bonds. The van der Waals surface area contributed by atoms with Crippen LogP contribution in [0.3, 0.4) is 0 Å². The molecule has 16 heavy (non-hydrogen) atoms. The van der Waals surface area contributed by atoms with Crippen LogP contribution in [0, 0.1) is 5.92 Å². The first-order valence-electron chi connectivity index (χ1n) is 6.05. The van der Waals surface area contributed by atoms with Gasteiger partial charge in [0.2, 0.25) is 0 Å². The zero-order chi connectivity index (χ0) is 11.4. The van der Waals surface area contributed by atoms with Crippen molar-refractivity contribution >= 4 is 6.29 Å². The molecule has 1 unspecified atom stereocenters. The topological polar surface area (TPSA) is 20.3 Å². The SMILES string of the molecule is CC1CCN(CCc2ccccc2C=O)C1. The second kappa shape index (κ2) is 5.26. The minimum atomic E-state index is 0.835. The molecular formula is C14H19NO. The summed E-state index contributed by atoms with van der Waals surface area (Å²) in [5.41, 5.74) is 2.02. The van der Waals surface area contributed by atoms with Crippen molar-refractivity contribution < 1.29 is 4.79 Å². The molecule has 1 aliphatic heterocycles. The average molecular weight is 217 g/mol. The van der Waals surface area contributed by atoms with Crippen molar-refractivity contribution in [2.75, 3.05) is 19.6 Å². The van der Waals surface area contributed by atoms with Crippen LogP contribution in [0.1, 0.15) is 29.3 Å². The Morgan fingerprint density at radius 1 is 1.44 bits per heavy atom. The Morgan fingerprint density at radius 2 is 2.25 bits per heavy atom. The van der Waals surface area contributed by atoms with Gasteiger partial charge in [-0.2, -0.15) is 0 Å². The molecule has 2 heteroatoms. The highest BCUT2D eigenvalue weighted by Gasteiger charge is 2.18. The van der Waals surface area contributed by atoms with Gasteiger partial charge in [0, 0.05) is 18.7 Å². The van der Waals surface area contributed by atoms with Crippen molar-refractivity contribution in [3.05, 3.63) is 35.4 Å². The summed E-state index contributed by atoms with van der Waals surface area (Å²) in [5, 5.41) is 0. The van der Waals surface area contributed by atoms with Gasteiger partial charge in [-0.05, 0) is 30.9 Å². The maximum absolute atomic E-state index is 10.9. The minimum Gasteiger partial charge on any atom is -0.303 e. The van der Waals surface area contributed by atoms with Gasteiger partial charge in [0.05, 0.1) is 0 Å². The Bertz CT molecular complexity index is 362. The summed E-state index contributed by atoms with van der Waals surface area (Å²) in [6.45, 7) is 5.81. The number of aldehydes is 1. The van der Waals surface area contributed by atoms with Crippen LogP contribution >= 0.6 is 0 Å². The summed E-state index contributed by atoms with van der Waals surface area (Å²) in [7, 11) is 0. The van der Waals surface area contributed by atoms with Crippen LogP contribution in [-0.4, -0.2) is 30.8 Å². The fourth-order valence-electron chi connectivity index (χ4n) is 2.38. The number of nitrogens with zero attached hydrogens (tertiary/aromatic N) is 1. The van der Waals surface area contributed by atoms with Gasteiger partial charge in [0.25, 0.3) is 0 Å². The van der Waals surface area contributed by atoms with Gasteiger partial charge in [0.15, 0.2) is 0 Å². The van der Waals surface area contributed by atoms with E-state index in [0.717, 1.165) is 30.7 Å². The summed E-state index contributed by atoms with van der Waals surface area (Å²) in [6.07, 6.45) is 3.26. The monoisotopic (exact) mass is 217 g/mol. The Kier molecular flexibility index (Phi) is 3.73. The molecule has 0 N–H and O–H groups in total. The van der Waals surface area contributed by atoms with Crippen molar-refractivity contribution in [2.24, 2.45) is 5.92 Å². The molecule has 1 saturated heterocycles. The Hall–Kier alpha value is -1.15. The molecule has 0 bridgehead atoms. The van der Waals surface area contributed by atoms with E-state index >= 15 is 0 Å². The first-order chi connectivity index (χ1) is 7.79. The van der Waals surface area contributed by atoms with E-state index in [9.17, 15) is 4.79 Å². The van der Waals surface area contributed by atoms with E-state index in [0.29, 0.717) is 0 Å². The van der Waals surface area contributed by atoms with Crippen molar-refractivity contribution in [3.63, 3.8) is 0 Å². The Labute approximate surface area is 97.3 Å². The zero-order valence-electron chi connectivity index (χ0n) is 9.86. The van der Waals surface area contributed by atoms with Gasteiger partial charge in [-0.1, -0.05) is 31.2 Å². The molecule has 1 aromatic carbocycles. The smallest absolute Gasteiger partial charge is 0.150 e. The molecular weight excluding hydrogens is 198 g/mol. The van der Waals surface area contributed by atoms with Crippen LogP contribution in [0.4, 0.5) is 0 Å².